The fraction of sp³-hybridized carbons (Fsp3) is 0.176. The fourth-order valence-corrected chi connectivity index (χ4v) is 3.03. The number of benzene rings is 1. The van der Waals surface area contributed by atoms with Crippen molar-refractivity contribution in [1.82, 2.24) is 14.8 Å². The van der Waals surface area contributed by atoms with Crippen molar-refractivity contribution in [1.29, 1.82) is 0 Å². The first kappa shape index (κ1) is 19.6. The van der Waals surface area contributed by atoms with Crippen LogP contribution in [0.15, 0.2) is 30.5 Å². The zero-order valence-electron chi connectivity index (χ0n) is 14.6. The van der Waals surface area contributed by atoms with Gasteiger partial charge in [0.2, 0.25) is 6.41 Å². The van der Waals surface area contributed by atoms with E-state index in [9.17, 15) is 22.8 Å². The highest BCUT2D eigenvalue weighted by Crippen LogP contribution is 2.34. The maximum atomic E-state index is 12.6. The molecular formula is C17H13ClF3N5O2. The number of aryl methyl sites for hydroxylation is 2. The van der Waals surface area contributed by atoms with E-state index in [1.165, 1.54) is 10.9 Å². The van der Waals surface area contributed by atoms with Gasteiger partial charge in [-0.2, -0.15) is 18.3 Å². The molecule has 28 heavy (non-hydrogen) atoms. The van der Waals surface area contributed by atoms with Crippen molar-refractivity contribution in [2.24, 2.45) is 7.05 Å². The Labute approximate surface area is 161 Å². The number of hydrogen-bond acceptors (Lipinski definition) is 4. The van der Waals surface area contributed by atoms with Crippen molar-refractivity contribution in [2.75, 3.05) is 10.2 Å². The predicted molar refractivity (Wildman–Crippen MR) is 97.3 cm³/mol. The van der Waals surface area contributed by atoms with Crippen LogP contribution in [0.2, 0.25) is 5.02 Å². The fourth-order valence-electron chi connectivity index (χ4n) is 2.67. The number of fused-ring (bicyclic) bond motifs is 1. The van der Waals surface area contributed by atoms with Gasteiger partial charge in [0.1, 0.15) is 0 Å². The summed E-state index contributed by atoms with van der Waals surface area (Å²) in [4.78, 5) is 28.8. The number of urea groups is 1. The Balaban J connectivity index is 1.90. The molecule has 0 saturated heterocycles. The highest BCUT2D eigenvalue weighted by molar-refractivity contribution is 6.39. The number of aromatic nitrogens is 3. The summed E-state index contributed by atoms with van der Waals surface area (Å²) in [5, 5.41) is 7.12. The Morgan fingerprint density at radius 2 is 1.93 bits per heavy atom. The zero-order chi connectivity index (χ0) is 20.6. The summed E-state index contributed by atoms with van der Waals surface area (Å²) < 4.78 is 39.4. The number of alkyl halides is 3. The lowest BCUT2D eigenvalue weighted by molar-refractivity contribution is -0.137. The molecule has 11 heteroatoms. The van der Waals surface area contributed by atoms with Gasteiger partial charge in [-0.1, -0.05) is 11.6 Å². The van der Waals surface area contributed by atoms with Gasteiger partial charge in [0, 0.05) is 12.7 Å². The third-order valence-electron chi connectivity index (χ3n) is 3.99. The summed E-state index contributed by atoms with van der Waals surface area (Å²) in [5.41, 5.74) is 0.269. The standard InChI is InChI=1S/C17H13ClF3N5O2/c1-9-13-14(18)12(7-22-15(13)25(2)24-9)26(8-27)16(28)23-11-5-3-10(4-6-11)17(19,20)21/h3-8H,1-2H3,(H,23,28). The van der Waals surface area contributed by atoms with Crippen LogP contribution in [0.5, 0.6) is 0 Å². The van der Waals surface area contributed by atoms with E-state index in [4.69, 9.17) is 11.6 Å². The molecule has 0 unspecified atom stereocenters. The number of nitrogens with zero attached hydrogens (tertiary/aromatic N) is 4. The van der Waals surface area contributed by atoms with Crippen LogP contribution in [0.1, 0.15) is 11.3 Å². The van der Waals surface area contributed by atoms with E-state index in [-0.39, 0.29) is 22.8 Å². The van der Waals surface area contributed by atoms with Gasteiger partial charge in [-0.25, -0.2) is 14.7 Å². The minimum absolute atomic E-state index is 0.0182. The minimum Gasteiger partial charge on any atom is -0.307 e. The van der Waals surface area contributed by atoms with Crippen LogP contribution in [0.4, 0.5) is 29.3 Å². The van der Waals surface area contributed by atoms with Crippen molar-refractivity contribution in [2.45, 2.75) is 13.1 Å². The first-order valence-corrected chi connectivity index (χ1v) is 8.22. The minimum atomic E-state index is -4.49. The van der Waals surface area contributed by atoms with Crippen molar-refractivity contribution >= 4 is 46.5 Å². The summed E-state index contributed by atoms with van der Waals surface area (Å²) in [6.07, 6.45) is -3.01. The van der Waals surface area contributed by atoms with Crippen LogP contribution in [-0.4, -0.2) is 27.2 Å². The Morgan fingerprint density at radius 1 is 1.29 bits per heavy atom. The summed E-state index contributed by atoms with van der Waals surface area (Å²) in [6.45, 7) is 1.70. The van der Waals surface area contributed by atoms with Crippen molar-refractivity contribution in [3.8, 4) is 0 Å². The zero-order valence-corrected chi connectivity index (χ0v) is 15.3. The molecule has 2 aromatic heterocycles. The molecule has 146 valence electrons. The number of halogens is 4. The monoisotopic (exact) mass is 411 g/mol. The molecule has 0 spiro atoms. The molecule has 1 aromatic carbocycles. The average molecular weight is 412 g/mol. The maximum absolute atomic E-state index is 12.6. The van der Waals surface area contributed by atoms with Gasteiger partial charge in [0.15, 0.2) is 5.65 Å². The second-order valence-corrected chi connectivity index (χ2v) is 6.22. The first-order valence-electron chi connectivity index (χ1n) is 7.84. The predicted octanol–water partition coefficient (Wildman–Crippen LogP) is 4.14. The third kappa shape index (κ3) is 3.50. The number of imide groups is 1. The molecule has 3 rings (SSSR count). The molecule has 0 radical (unpaired) electrons. The molecular weight excluding hydrogens is 399 g/mol. The second-order valence-electron chi connectivity index (χ2n) is 5.85. The molecule has 0 atom stereocenters. The normalized spacial score (nSPS) is 11.5. The van der Waals surface area contributed by atoms with Crippen LogP contribution in [0.25, 0.3) is 11.0 Å². The van der Waals surface area contributed by atoms with Gasteiger partial charge in [-0.05, 0) is 31.2 Å². The number of pyridine rings is 1. The largest absolute Gasteiger partial charge is 0.416 e. The van der Waals surface area contributed by atoms with Crippen LogP contribution >= 0.6 is 11.6 Å². The van der Waals surface area contributed by atoms with Gasteiger partial charge >= 0.3 is 12.2 Å². The lowest BCUT2D eigenvalue weighted by atomic mass is 10.2. The topological polar surface area (TPSA) is 80.1 Å². The number of rotatable bonds is 3. The SMILES string of the molecule is Cc1nn(C)c2ncc(N(C=O)C(=O)Nc3ccc(C(F)(F)F)cc3)c(Cl)c12. The average Bonchev–Trinajstić information content (AvgIpc) is 2.91. The molecule has 0 aliphatic carbocycles. The van der Waals surface area contributed by atoms with Gasteiger partial charge in [0.25, 0.3) is 0 Å². The van der Waals surface area contributed by atoms with Crippen LogP contribution in [0, 0.1) is 6.92 Å². The number of hydrogen-bond donors (Lipinski definition) is 1. The van der Waals surface area contributed by atoms with Crippen LogP contribution in [-0.2, 0) is 18.0 Å². The van der Waals surface area contributed by atoms with Crippen molar-refractivity contribution in [3.63, 3.8) is 0 Å². The van der Waals surface area contributed by atoms with E-state index in [1.54, 1.807) is 14.0 Å². The number of anilines is 2. The van der Waals surface area contributed by atoms with E-state index in [1.807, 2.05) is 0 Å². The van der Waals surface area contributed by atoms with E-state index in [0.717, 1.165) is 24.3 Å². The molecule has 0 aliphatic rings. The van der Waals surface area contributed by atoms with Gasteiger partial charge in [0.05, 0.1) is 33.6 Å². The van der Waals surface area contributed by atoms with Gasteiger partial charge < -0.3 is 5.32 Å². The summed E-state index contributed by atoms with van der Waals surface area (Å²) in [5.74, 6) is 0. The Bertz CT molecular complexity index is 1060. The summed E-state index contributed by atoms with van der Waals surface area (Å²) >= 11 is 6.35. The number of carbonyl (C=O) groups is 2. The lowest BCUT2D eigenvalue weighted by Crippen LogP contribution is -2.34. The maximum Gasteiger partial charge on any atom is 0.416 e. The van der Waals surface area contributed by atoms with Crippen molar-refractivity contribution in [3.05, 3.63) is 46.7 Å². The Kier molecular flexibility index (Phi) is 4.99. The Hall–Kier alpha value is -3.14. The third-order valence-corrected chi connectivity index (χ3v) is 4.38. The number of nitrogens with one attached hydrogen (secondary N) is 1. The van der Waals surface area contributed by atoms with Crippen LogP contribution in [0.3, 0.4) is 0 Å². The molecule has 0 bridgehead atoms. The molecule has 2 heterocycles. The van der Waals surface area contributed by atoms with E-state index < -0.39 is 17.8 Å². The molecule has 0 saturated carbocycles. The highest BCUT2D eigenvalue weighted by Gasteiger charge is 2.30. The smallest absolute Gasteiger partial charge is 0.307 e. The van der Waals surface area contributed by atoms with Crippen molar-refractivity contribution < 1.29 is 22.8 Å². The van der Waals surface area contributed by atoms with Gasteiger partial charge in [-0.15, -0.1) is 0 Å². The first-order chi connectivity index (χ1) is 13.1. The summed E-state index contributed by atoms with van der Waals surface area (Å²) in [6, 6.07) is 2.90. The lowest BCUT2D eigenvalue weighted by Gasteiger charge is -2.18. The van der Waals surface area contributed by atoms with Crippen LogP contribution < -0.4 is 10.2 Å². The van der Waals surface area contributed by atoms with E-state index in [0.29, 0.717) is 21.6 Å². The molecule has 7 nitrogen and oxygen atoms in total. The number of amides is 3. The Morgan fingerprint density at radius 3 is 2.50 bits per heavy atom. The number of carbonyl (C=O) groups excluding carboxylic acids is 2. The molecule has 0 fully saturated rings. The molecule has 1 N–H and O–H groups in total. The summed E-state index contributed by atoms with van der Waals surface area (Å²) in [7, 11) is 1.67. The molecule has 0 aliphatic heterocycles. The second kappa shape index (κ2) is 7.12. The highest BCUT2D eigenvalue weighted by atomic mass is 35.5. The molecule has 3 aromatic rings. The van der Waals surface area contributed by atoms with Gasteiger partial charge in [-0.3, -0.25) is 9.48 Å². The molecule has 3 amide bonds. The quantitative estimate of drug-likeness (QED) is 0.657. The van der Waals surface area contributed by atoms with E-state index >= 15 is 0 Å². The van der Waals surface area contributed by atoms with E-state index in [2.05, 4.69) is 15.4 Å².